The minimum atomic E-state index is 0.0230. The smallest absolute Gasteiger partial charge is 0.236 e. The third kappa shape index (κ3) is 4.82. The fourth-order valence-electron chi connectivity index (χ4n) is 3.39. The molecule has 1 aliphatic heterocycles. The predicted molar refractivity (Wildman–Crippen MR) is 88.4 cm³/mol. The van der Waals surface area contributed by atoms with Gasteiger partial charge in [-0.15, -0.1) is 0 Å². The molecule has 0 bridgehead atoms. The molecule has 3 unspecified atom stereocenters. The standard InChI is InChI=1S/C18H28N2O2/c1-14-10-15(2)13-20(12-14)18(22)11-19-17(8-9-21)16-6-4-3-5-7-16/h3-7,14-15,17,19,21H,8-13H2,1-2H3. The van der Waals surface area contributed by atoms with Crippen molar-refractivity contribution >= 4 is 5.91 Å². The highest BCUT2D eigenvalue weighted by molar-refractivity contribution is 5.78. The van der Waals surface area contributed by atoms with Crippen LogP contribution in [0.2, 0.25) is 0 Å². The number of nitrogens with zero attached hydrogens (tertiary/aromatic N) is 1. The molecule has 1 aromatic carbocycles. The van der Waals surface area contributed by atoms with E-state index in [-0.39, 0.29) is 18.6 Å². The van der Waals surface area contributed by atoms with E-state index in [4.69, 9.17) is 0 Å². The lowest BCUT2D eigenvalue weighted by Gasteiger charge is -2.35. The second-order valence-corrected chi connectivity index (χ2v) is 6.60. The summed E-state index contributed by atoms with van der Waals surface area (Å²) in [5.41, 5.74) is 1.12. The van der Waals surface area contributed by atoms with Crippen LogP contribution in [0.1, 0.15) is 38.3 Å². The number of carbonyl (C=O) groups excluding carboxylic acids is 1. The topological polar surface area (TPSA) is 52.6 Å². The van der Waals surface area contributed by atoms with Gasteiger partial charge in [-0.1, -0.05) is 44.2 Å². The zero-order valence-corrected chi connectivity index (χ0v) is 13.7. The van der Waals surface area contributed by atoms with Gasteiger partial charge in [0, 0.05) is 25.7 Å². The number of rotatable bonds is 6. The monoisotopic (exact) mass is 304 g/mol. The van der Waals surface area contributed by atoms with E-state index in [0.717, 1.165) is 18.7 Å². The third-order valence-corrected chi connectivity index (χ3v) is 4.34. The molecule has 3 atom stereocenters. The number of aliphatic hydroxyl groups is 1. The fraction of sp³-hybridized carbons (Fsp3) is 0.611. The van der Waals surface area contributed by atoms with Crippen LogP contribution in [0.4, 0.5) is 0 Å². The Morgan fingerprint density at radius 3 is 2.50 bits per heavy atom. The van der Waals surface area contributed by atoms with Gasteiger partial charge >= 0.3 is 0 Å². The van der Waals surface area contributed by atoms with E-state index in [0.29, 0.717) is 24.8 Å². The molecule has 1 amide bonds. The van der Waals surface area contributed by atoms with Crippen molar-refractivity contribution in [1.29, 1.82) is 0 Å². The molecule has 0 aliphatic carbocycles. The maximum atomic E-state index is 12.4. The fourth-order valence-corrected chi connectivity index (χ4v) is 3.39. The second kappa shape index (κ2) is 8.30. The van der Waals surface area contributed by atoms with Crippen LogP contribution >= 0.6 is 0 Å². The summed E-state index contributed by atoms with van der Waals surface area (Å²) >= 11 is 0. The number of amides is 1. The maximum absolute atomic E-state index is 12.4. The lowest BCUT2D eigenvalue weighted by atomic mass is 9.92. The van der Waals surface area contributed by atoms with E-state index in [1.54, 1.807) is 0 Å². The van der Waals surface area contributed by atoms with Gasteiger partial charge in [0.15, 0.2) is 0 Å². The van der Waals surface area contributed by atoms with Gasteiger partial charge in [-0.2, -0.15) is 0 Å². The van der Waals surface area contributed by atoms with Crippen molar-refractivity contribution in [2.24, 2.45) is 11.8 Å². The minimum Gasteiger partial charge on any atom is -0.396 e. The molecule has 0 aromatic heterocycles. The van der Waals surface area contributed by atoms with Gasteiger partial charge in [-0.3, -0.25) is 4.79 Å². The van der Waals surface area contributed by atoms with Crippen LogP contribution in [-0.4, -0.2) is 42.2 Å². The summed E-state index contributed by atoms with van der Waals surface area (Å²) in [6.45, 7) is 6.59. The number of benzene rings is 1. The SMILES string of the molecule is CC1CC(C)CN(C(=O)CNC(CCO)c2ccccc2)C1. The summed E-state index contributed by atoms with van der Waals surface area (Å²) < 4.78 is 0. The van der Waals surface area contributed by atoms with E-state index >= 15 is 0 Å². The van der Waals surface area contributed by atoms with Gasteiger partial charge < -0.3 is 15.3 Å². The Kier molecular flexibility index (Phi) is 6.40. The lowest BCUT2D eigenvalue weighted by molar-refractivity contribution is -0.133. The molecule has 2 rings (SSSR count). The zero-order valence-electron chi connectivity index (χ0n) is 13.7. The van der Waals surface area contributed by atoms with Crippen LogP contribution in [-0.2, 0) is 4.79 Å². The summed E-state index contributed by atoms with van der Waals surface area (Å²) in [4.78, 5) is 14.4. The molecule has 0 spiro atoms. The molecule has 4 heteroatoms. The Balaban J connectivity index is 1.90. The average molecular weight is 304 g/mol. The van der Waals surface area contributed by atoms with E-state index in [9.17, 15) is 9.90 Å². The molecule has 0 saturated carbocycles. The molecular formula is C18H28N2O2. The zero-order chi connectivity index (χ0) is 15.9. The number of piperidine rings is 1. The first-order chi connectivity index (χ1) is 10.6. The molecule has 1 saturated heterocycles. The van der Waals surface area contributed by atoms with Gasteiger partial charge in [0.1, 0.15) is 0 Å². The third-order valence-electron chi connectivity index (χ3n) is 4.34. The van der Waals surface area contributed by atoms with Crippen molar-refractivity contribution in [2.45, 2.75) is 32.7 Å². The Hall–Kier alpha value is -1.39. The van der Waals surface area contributed by atoms with Gasteiger partial charge in [-0.05, 0) is 30.2 Å². The van der Waals surface area contributed by atoms with Crippen molar-refractivity contribution in [3.05, 3.63) is 35.9 Å². The Morgan fingerprint density at radius 1 is 1.27 bits per heavy atom. The molecule has 1 fully saturated rings. The summed E-state index contributed by atoms with van der Waals surface area (Å²) in [6, 6.07) is 10.0. The Bertz CT molecular complexity index is 453. The molecule has 0 radical (unpaired) electrons. The highest BCUT2D eigenvalue weighted by atomic mass is 16.3. The number of nitrogens with one attached hydrogen (secondary N) is 1. The summed E-state index contributed by atoms with van der Waals surface area (Å²) in [5.74, 6) is 1.32. The van der Waals surface area contributed by atoms with Crippen LogP contribution in [0.15, 0.2) is 30.3 Å². The van der Waals surface area contributed by atoms with E-state index in [1.807, 2.05) is 35.2 Å². The number of hydrogen-bond acceptors (Lipinski definition) is 3. The molecule has 4 nitrogen and oxygen atoms in total. The van der Waals surface area contributed by atoms with Gasteiger partial charge in [0.05, 0.1) is 6.54 Å². The van der Waals surface area contributed by atoms with Gasteiger partial charge in [0.2, 0.25) is 5.91 Å². The second-order valence-electron chi connectivity index (χ2n) is 6.60. The first-order valence-electron chi connectivity index (χ1n) is 8.27. The van der Waals surface area contributed by atoms with Crippen molar-refractivity contribution in [3.63, 3.8) is 0 Å². The molecule has 1 aromatic rings. The lowest BCUT2D eigenvalue weighted by Crippen LogP contribution is -2.46. The van der Waals surface area contributed by atoms with Crippen LogP contribution in [0, 0.1) is 11.8 Å². The Labute approximate surface area is 133 Å². The van der Waals surface area contributed by atoms with Crippen LogP contribution in [0.25, 0.3) is 0 Å². The predicted octanol–water partition coefficient (Wildman–Crippen LogP) is 2.20. The van der Waals surface area contributed by atoms with Gasteiger partial charge in [0.25, 0.3) is 0 Å². The van der Waals surface area contributed by atoms with Gasteiger partial charge in [-0.25, -0.2) is 0 Å². The van der Waals surface area contributed by atoms with Crippen LogP contribution < -0.4 is 5.32 Å². The molecule has 2 N–H and O–H groups in total. The number of likely N-dealkylation sites (tertiary alicyclic amines) is 1. The number of hydrogen-bond donors (Lipinski definition) is 2. The highest BCUT2D eigenvalue weighted by Gasteiger charge is 2.25. The molecule has 22 heavy (non-hydrogen) atoms. The normalized spacial score (nSPS) is 23.3. The van der Waals surface area contributed by atoms with Crippen molar-refractivity contribution in [3.8, 4) is 0 Å². The van der Waals surface area contributed by atoms with E-state index in [1.165, 1.54) is 6.42 Å². The maximum Gasteiger partial charge on any atom is 0.236 e. The molecule has 1 aliphatic rings. The Morgan fingerprint density at radius 2 is 1.91 bits per heavy atom. The van der Waals surface area contributed by atoms with Crippen LogP contribution in [0.5, 0.6) is 0 Å². The summed E-state index contributed by atoms with van der Waals surface area (Å²) in [5, 5.41) is 12.6. The number of carbonyl (C=O) groups is 1. The summed E-state index contributed by atoms with van der Waals surface area (Å²) in [6.07, 6.45) is 1.82. The number of aliphatic hydroxyl groups excluding tert-OH is 1. The quantitative estimate of drug-likeness (QED) is 0.847. The first kappa shape index (κ1) is 17.0. The van der Waals surface area contributed by atoms with Crippen molar-refractivity contribution in [2.75, 3.05) is 26.2 Å². The highest BCUT2D eigenvalue weighted by Crippen LogP contribution is 2.21. The molecular weight excluding hydrogens is 276 g/mol. The minimum absolute atomic E-state index is 0.0230. The largest absolute Gasteiger partial charge is 0.396 e. The van der Waals surface area contributed by atoms with E-state index in [2.05, 4.69) is 19.2 Å². The first-order valence-corrected chi connectivity index (χ1v) is 8.27. The summed E-state index contributed by atoms with van der Waals surface area (Å²) in [7, 11) is 0. The average Bonchev–Trinajstić information content (AvgIpc) is 2.51. The molecule has 1 heterocycles. The van der Waals surface area contributed by atoms with Crippen molar-refractivity contribution < 1.29 is 9.90 Å². The van der Waals surface area contributed by atoms with Crippen LogP contribution in [0.3, 0.4) is 0 Å². The van der Waals surface area contributed by atoms with Crippen molar-refractivity contribution in [1.82, 2.24) is 10.2 Å². The molecule has 122 valence electrons. The van der Waals surface area contributed by atoms with E-state index < -0.39 is 0 Å².